The molecule has 32 heavy (non-hydrogen) atoms. The molecule has 1 aliphatic carbocycles. The van der Waals surface area contributed by atoms with Crippen LogP contribution >= 0.6 is 11.6 Å². The molecule has 2 N–H and O–H groups in total. The quantitative estimate of drug-likeness (QED) is 0.512. The van der Waals surface area contributed by atoms with Gasteiger partial charge in [-0.3, -0.25) is 19.3 Å². The normalized spacial score (nSPS) is 23.3. The Kier molecular flexibility index (Phi) is 6.83. The average Bonchev–Trinajstić information content (AvgIpc) is 2.92. The van der Waals surface area contributed by atoms with Crippen molar-refractivity contribution >= 4 is 41.1 Å². The van der Waals surface area contributed by atoms with Gasteiger partial charge in [0.25, 0.3) is 11.8 Å². The monoisotopic (exact) mass is 463 g/mol. The first-order valence-corrected chi connectivity index (χ1v) is 11.1. The van der Waals surface area contributed by atoms with Crippen LogP contribution in [0.3, 0.4) is 0 Å². The lowest BCUT2D eigenvalue weighted by molar-refractivity contribution is -0.150. The van der Waals surface area contributed by atoms with Gasteiger partial charge in [0.15, 0.2) is 6.61 Å². The number of halogens is 1. The van der Waals surface area contributed by atoms with Gasteiger partial charge in [-0.15, -0.1) is 0 Å². The Morgan fingerprint density at radius 1 is 1.25 bits per heavy atom. The molecular weight excluding hydrogens is 434 g/mol. The number of carbonyl (C=O) groups is 4. The molecule has 0 unspecified atom stereocenters. The number of nitrogens with zero attached hydrogens (tertiary/aromatic N) is 1. The summed E-state index contributed by atoms with van der Waals surface area (Å²) in [6, 6.07) is 4.39. The third kappa shape index (κ3) is 5.23. The van der Waals surface area contributed by atoms with Gasteiger partial charge in [-0.1, -0.05) is 32.4 Å². The number of nitrogens with one attached hydrogen (secondary N) is 2. The van der Waals surface area contributed by atoms with Gasteiger partial charge in [0, 0.05) is 10.7 Å². The smallest absolute Gasteiger partial charge is 0.326 e. The number of hydrogen-bond acceptors (Lipinski definition) is 5. The van der Waals surface area contributed by atoms with E-state index in [1.54, 1.807) is 25.1 Å². The lowest BCUT2D eigenvalue weighted by Crippen LogP contribution is -2.50. The number of imide groups is 1. The minimum atomic E-state index is -0.942. The number of hydrogen-bond donors (Lipinski definition) is 2. The molecule has 3 rings (SSSR count). The zero-order chi connectivity index (χ0) is 23.7. The minimum absolute atomic E-state index is 0.141. The summed E-state index contributed by atoms with van der Waals surface area (Å²) in [5, 5.41) is 5.97. The number of benzene rings is 1. The molecule has 1 aromatic rings. The second kappa shape index (κ2) is 9.10. The molecule has 0 aromatic heterocycles. The van der Waals surface area contributed by atoms with Gasteiger partial charge in [0.2, 0.25) is 0 Å². The summed E-state index contributed by atoms with van der Waals surface area (Å²) in [5.74, 6) is -1.28. The van der Waals surface area contributed by atoms with Crippen LogP contribution in [-0.4, -0.2) is 47.4 Å². The summed E-state index contributed by atoms with van der Waals surface area (Å²) in [6.45, 7) is 7.27. The van der Waals surface area contributed by atoms with E-state index in [-0.39, 0.29) is 5.41 Å². The molecule has 1 spiro atoms. The van der Waals surface area contributed by atoms with Crippen molar-refractivity contribution in [1.82, 2.24) is 10.2 Å². The number of carbonyl (C=O) groups excluding carboxylic acids is 4. The van der Waals surface area contributed by atoms with Crippen LogP contribution in [0.1, 0.15) is 52.0 Å². The summed E-state index contributed by atoms with van der Waals surface area (Å²) in [4.78, 5) is 50.6. The molecule has 2 fully saturated rings. The van der Waals surface area contributed by atoms with Gasteiger partial charge in [0.1, 0.15) is 12.1 Å². The van der Waals surface area contributed by atoms with E-state index in [0.717, 1.165) is 23.3 Å². The zero-order valence-electron chi connectivity index (χ0n) is 18.9. The van der Waals surface area contributed by atoms with E-state index in [9.17, 15) is 19.2 Å². The maximum atomic E-state index is 13.0. The molecule has 1 saturated heterocycles. The third-order valence-electron chi connectivity index (χ3n) is 6.42. The Balaban J connectivity index is 1.51. The first kappa shape index (κ1) is 24.0. The summed E-state index contributed by atoms with van der Waals surface area (Å²) in [7, 11) is 0. The van der Waals surface area contributed by atoms with Crippen molar-refractivity contribution in [1.29, 1.82) is 0 Å². The molecule has 0 radical (unpaired) electrons. The van der Waals surface area contributed by atoms with Gasteiger partial charge in [-0.25, -0.2) is 4.79 Å². The number of aryl methyl sites for hydroxylation is 1. The molecule has 4 amide bonds. The van der Waals surface area contributed by atoms with Gasteiger partial charge in [0.05, 0.1) is 0 Å². The lowest BCUT2D eigenvalue weighted by atomic mass is 9.67. The number of anilines is 1. The number of urea groups is 1. The Morgan fingerprint density at radius 3 is 2.50 bits per heavy atom. The van der Waals surface area contributed by atoms with Crippen molar-refractivity contribution in [3.8, 4) is 0 Å². The predicted molar refractivity (Wildman–Crippen MR) is 120 cm³/mol. The van der Waals surface area contributed by atoms with Crippen LogP contribution in [0.15, 0.2) is 18.2 Å². The van der Waals surface area contributed by atoms with Crippen molar-refractivity contribution in [3.05, 3.63) is 28.8 Å². The second-order valence-electron chi connectivity index (χ2n) is 9.71. The third-order valence-corrected chi connectivity index (χ3v) is 6.66. The van der Waals surface area contributed by atoms with Crippen LogP contribution < -0.4 is 10.6 Å². The number of esters is 1. The van der Waals surface area contributed by atoms with Crippen LogP contribution in [0.25, 0.3) is 0 Å². The topological polar surface area (TPSA) is 105 Å². The molecule has 9 heteroatoms. The van der Waals surface area contributed by atoms with E-state index in [4.69, 9.17) is 16.3 Å². The van der Waals surface area contributed by atoms with Crippen LogP contribution in [0.4, 0.5) is 10.5 Å². The highest BCUT2D eigenvalue weighted by Gasteiger charge is 2.53. The van der Waals surface area contributed by atoms with Crippen molar-refractivity contribution in [2.75, 3.05) is 18.5 Å². The van der Waals surface area contributed by atoms with Crippen LogP contribution in [-0.2, 0) is 19.1 Å². The van der Waals surface area contributed by atoms with Crippen molar-refractivity contribution in [2.45, 2.75) is 58.9 Å². The van der Waals surface area contributed by atoms with Gasteiger partial charge >= 0.3 is 12.0 Å². The molecule has 0 atom stereocenters. The Morgan fingerprint density at radius 2 is 1.91 bits per heavy atom. The molecule has 1 saturated carbocycles. The second-order valence-corrected chi connectivity index (χ2v) is 10.1. The maximum absolute atomic E-state index is 13.0. The first-order valence-electron chi connectivity index (χ1n) is 10.8. The molecule has 8 nitrogen and oxygen atoms in total. The number of amides is 4. The van der Waals surface area contributed by atoms with Crippen LogP contribution in [0, 0.1) is 18.3 Å². The lowest BCUT2D eigenvalue weighted by Gasteiger charge is -2.40. The maximum Gasteiger partial charge on any atom is 0.326 e. The number of ether oxygens (including phenoxy) is 1. The molecule has 1 heterocycles. The SMILES string of the molecule is Cc1cc(Cl)ccc1NC(=O)COC(=O)CN1C(=O)NC2(CCC(C(C)(C)C)CC2)C1=O. The van der Waals surface area contributed by atoms with Crippen LogP contribution in [0.2, 0.25) is 5.02 Å². The van der Waals surface area contributed by atoms with Crippen LogP contribution in [0.5, 0.6) is 0 Å². The van der Waals surface area contributed by atoms with E-state index >= 15 is 0 Å². The fraction of sp³-hybridized carbons (Fsp3) is 0.565. The molecule has 0 bridgehead atoms. The zero-order valence-corrected chi connectivity index (χ0v) is 19.7. The summed E-state index contributed by atoms with van der Waals surface area (Å²) < 4.78 is 4.98. The highest BCUT2D eigenvalue weighted by atomic mass is 35.5. The summed E-state index contributed by atoms with van der Waals surface area (Å²) >= 11 is 5.89. The largest absolute Gasteiger partial charge is 0.454 e. The van der Waals surface area contributed by atoms with E-state index in [1.165, 1.54) is 0 Å². The summed E-state index contributed by atoms with van der Waals surface area (Å²) in [5.41, 5.74) is 0.519. The van der Waals surface area contributed by atoms with E-state index in [1.807, 2.05) is 0 Å². The first-order chi connectivity index (χ1) is 14.9. The van der Waals surface area contributed by atoms with Crippen molar-refractivity contribution in [2.24, 2.45) is 11.3 Å². The fourth-order valence-electron chi connectivity index (χ4n) is 4.41. The Labute approximate surface area is 193 Å². The van der Waals surface area contributed by atoms with Gasteiger partial charge in [-0.05, 0) is 67.7 Å². The molecule has 1 aliphatic heterocycles. The van der Waals surface area contributed by atoms with E-state index in [0.29, 0.717) is 29.5 Å². The molecular formula is C23H30ClN3O5. The Hall–Kier alpha value is -2.61. The average molecular weight is 464 g/mol. The fourth-order valence-corrected chi connectivity index (χ4v) is 4.64. The van der Waals surface area contributed by atoms with E-state index in [2.05, 4.69) is 31.4 Å². The molecule has 174 valence electrons. The van der Waals surface area contributed by atoms with E-state index < -0.39 is 42.5 Å². The highest BCUT2D eigenvalue weighted by Crippen LogP contribution is 2.43. The standard InChI is InChI=1S/C23H30ClN3O5/c1-14-11-16(24)5-6-17(14)25-18(28)13-32-19(29)12-27-20(30)23(26-21(27)31)9-7-15(8-10-23)22(2,3)4/h5-6,11,15H,7-10,12-13H2,1-4H3,(H,25,28)(H,26,31). The highest BCUT2D eigenvalue weighted by molar-refractivity contribution is 6.30. The molecule has 1 aromatic carbocycles. The minimum Gasteiger partial charge on any atom is -0.454 e. The van der Waals surface area contributed by atoms with Crippen molar-refractivity contribution < 1.29 is 23.9 Å². The summed E-state index contributed by atoms with van der Waals surface area (Å²) in [6.07, 6.45) is 2.76. The van der Waals surface area contributed by atoms with Crippen molar-refractivity contribution in [3.63, 3.8) is 0 Å². The number of rotatable bonds is 5. The predicted octanol–water partition coefficient (Wildman–Crippen LogP) is 3.66. The molecule has 2 aliphatic rings. The van der Waals surface area contributed by atoms with Gasteiger partial charge < -0.3 is 15.4 Å². The van der Waals surface area contributed by atoms with Gasteiger partial charge in [-0.2, -0.15) is 0 Å². The Bertz CT molecular complexity index is 932.